The van der Waals surface area contributed by atoms with Gasteiger partial charge in [-0.25, -0.2) is 4.79 Å². The van der Waals surface area contributed by atoms with Crippen molar-refractivity contribution in [2.75, 3.05) is 19.6 Å². The summed E-state index contributed by atoms with van der Waals surface area (Å²) in [7, 11) is 0. The molecule has 136 valence electrons. The largest absolute Gasteiger partial charge is 0.444 e. The van der Waals surface area contributed by atoms with E-state index in [1.165, 1.54) is 38.5 Å². The van der Waals surface area contributed by atoms with Crippen molar-refractivity contribution in [1.82, 2.24) is 10.6 Å². The van der Waals surface area contributed by atoms with Crippen LogP contribution in [-0.4, -0.2) is 31.3 Å². The first-order valence-electron chi connectivity index (χ1n) is 9.45. The van der Waals surface area contributed by atoms with E-state index in [1.807, 2.05) is 20.8 Å². The molecule has 1 unspecified atom stereocenters. The predicted molar refractivity (Wildman–Crippen MR) is 96.6 cm³/mol. The number of nitrogens with one attached hydrogen (secondary N) is 2. The molecule has 0 spiro atoms. The van der Waals surface area contributed by atoms with Gasteiger partial charge < -0.3 is 15.4 Å². The lowest BCUT2D eigenvalue weighted by molar-refractivity contribution is 0.0515. The zero-order valence-corrected chi connectivity index (χ0v) is 15.9. The van der Waals surface area contributed by atoms with Gasteiger partial charge in [0.05, 0.1) is 0 Å². The fraction of sp³-hybridized carbons (Fsp3) is 0.947. The number of amides is 1. The summed E-state index contributed by atoms with van der Waals surface area (Å²) in [4.78, 5) is 11.8. The molecule has 4 nitrogen and oxygen atoms in total. The van der Waals surface area contributed by atoms with Crippen LogP contribution in [0.3, 0.4) is 0 Å². The maximum Gasteiger partial charge on any atom is 0.407 e. The molecule has 1 rings (SSSR count). The summed E-state index contributed by atoms with van der Waals surface area (Å²) in [5.74, 6) is 1.95. The third kappa shape index (κ3) is 9.85. The molecule has 0 radical (unpaired) electrons. The summed E-state index contributed by atoms with van der Waals surface area (Å²) >= 11 is 0. The Kier molecular flexibility index (Phi) is 8.96. The molecule has 0 aliphatic heterocycles. The number of hydrogen-bond donors (Lipinski definition) is 2. The molecule has 0 aromatic rings. The van der Waals surface area contributed by atoms with Crippen LogP contribution in [0.2, 0.25) is 0 Å². The van der Waals surface area contributed by atoms with Gasteiger partial charge in [-0.15, -0.1) is 0 Å². The SMILES string of the molecule is CC(C)C(CNCCCC1CCCC1)CNC(=O)OC(C)(C)C. The third-order valence-corrected chi connectivity index (χ3v) is 4.70. The summed E-state index contributed by atoms with van der Waals surface area (Å²) in [6.07, 6.45) is 8.07. The van der Waals surface area contributed by atoms with Crippen LogP contribution in [0.4, 0.5) is 4.79 Å². The monoisotopic (exact) mass is 326 g/mol. The Morgan fingerprint density at radius 3 is 2.39 bits per heavy atom. The highest BCUT2D eigenvalue weighted by Crippen LogP contribution is 2.28. The Balaban J connectivity index is 2.14. The fourth-order valence-corrected chi connectivity index (χ4v) is 3.17. The van der Waals surface area contributed by atoms with Crippen LogP contribution >= 0.6 is 0 Å². The number of hydrogen-bond acceptors (Lipinski definition) is 3. The first-order chi connectivity index (χ1) is 10.8. The molecule has 4 heteroatoms. The Hall–Kier alpha value is -0.770. The summed E-state index contributed by atoms with van der Waals surface area (Å²) in [5, 5.41) is 6.48. The molecule has 2 N–H and O–H groups in total. The van der Waals surface area contributed by atoms with Gasteiger partial charge >= 0.3 is 6.09 Å². The van der Waals surface area contributed by atoms with Gasteiger partial charge in [0.15, 0.2) is 0 Å². The average molecular weight is 327 g/mol. The van der Waals surface area contributed by atoms with Crippen LogP contribution in [-0.2, 0) is 4.74 Å². The first-order valence-corrected chi connectivity index (χ1v) is 9.45. The Morgan fingerprint density at radius 2 is 1.83 bits per heavy atom. The second kappa shape index (κ2) is 10.2. The van der Waals surface area contributed by atoms with Crippen molar-refractivity contribution in [1.29, 1.82) is 0 Å². The van der Waals surface area contributed by atoms with E-state index in [1.54, 1.807) is 0 Å². The second-order valence-corrected chi connectivity index (χ2v) is 8.38. The number of alkyl carbamates (subject to hydrolysis) is 1. The zero-order chi connectivity index (χ0) is 17.3. The van der Waals surface area contributed by atoms with Crippen LogP contribution in [0.25, 0.3) is 0 Å². The van der Waals surface area contributed by atoms with Crippen molar-refractivity contribution < 1.29 is 9.53 Å². The lowest BCUT2D eigenvalue weighted by Gasteiger charge is -2.24. The van der Waals surface area contributed by atoms with Gasteiger partial charge in [0.1, 0.15) is 5.60 Å². The smallest absolute Gasteiger partial charge is 0.407 e. The van der Waals surface area contributed by atoms with Crippen molar-refractivity contribution in [2.45, 2.75) is 78.7 Å². The van der Waals surface area contributed by atoms with Gasteiger partial charge in [0.2, 0.25) is 0 Å². The standard InChI is InChI=1S/C19H38N2O2/c1-15(2)17(14-21-18(22)23-19(3,4)5)13-20-12-8-11-16-9-6-7-10-16/h15-17,20H,6-14H2,1-5H3,(H,21,22). The molecule has 23 heavy (non-hydrogen) atoms. The van der Waals surface area contributed by atoms with Crippen molar-refractivity contribution in [3.05, 3.63) is 0 Å². The van der Waals surface area contributed by atoms with E-state index in [9.17, 15) is 4.79 Å². The fourth-order valence-electron chi connectivity index (χ4n) is 3.17. The summed E-state index contributed by atoms with van der Waals surface area (Å²) < 4.78 is 5.30. The van der Waals surface area contributed by atoms with Crippen molar-refractivity contribution in [2.24, 2.45) is 17.8 Å². The minimum atomic E-state index is -0.435. The van der Waals surface area contributed by atoms with Gasteiger partial charge in [-0.1, -0.05) is 39.5 Å². The molecule has 1 fully saturated rings. The molecule has 0 heterocycles. The molecule has 1 aliphatic rings. The highest BCUT2D eigenvalue weighted by atomic mass is 16.6. The molecule has 0 aromatic carbocycles. The predicted octanol–water partition coefficient (Wildman–Crippen LogP) is 4.34. The maximum atomic E-state index is 11.8. The van der Waals surface area contributed by atoms with Crippen LogP contribution in [0.5, 0.6) is 0 Å². The Bertz CT molecular complexity index is 331. The number of rotatable bonds is 9. The minimum absolute atomic E-state index is 0.315. The number of ether oxygens (including phenoxy) is 1. The third-order valence-electron chi connectivity index (χ3n) is 4.70. The summed E-state index contributed by atoms with van der Waals surface area (Å²) in [5.41, 5.74) is -0.435. The van der Waals surface area contributed by atoms with Gasteiger partial charge in [0, 0.05) is 6.54 Å². The van der Waals surface area contributed by atoms with E-state index in [0.717, 1.165) is 19.0 Å². The van der Waals surface area contributed by atoms with Crippen LogP contribution < -0.4 is 10.6 Å². The highest BCUT2D eigenvalue weighted by molar-refractivity contribution is 5.67. The normalized spacial score (nSPS) is 17.5. The molecule has 1 atom stereocenters. The number of carbonyl (C=O) groups excluding carboxylic acids is 1. The number of carbonyl (C=O) groups is 1. The zero-order valence-electron chi connectivity index (χ0n) is 15.9. The van der Waals surface area contributed by atoms with Crippen LogP contribution in [0, 0.1) is 17.8 Å². The maximum absolute atomic E-state index is 11.8. The van der Waals surface area contributed by atoms with Gasteiger partial charge in [-0.05, 0) is 64.5 Å². The first kappa shape index (κ1) is 20.3. The molecule has 0 aromatic heterocycles. The van der Waals surface area contributed by atoms with E-state index in [0.29, 0.717) is 18.4 Å². The van der Waals surface area contributed by atoms with E-state index in [-0.39, 0.29) is 6.09 Å². The van der Waals surface area contributed by atoms with Crippen molar-refractivity contribution in [3.8, 4) is 0 Å². The Morgan fingerprint density at radius 1 is 1.17 bits per heavy atom. The minimum Gasteiger partial charge on any atom is -0.444 e. The van der Waals surface area contributed by atoms with Crippen LogP contribution in [0.1, 0.15) is 73.1 Å². The van der Waals surface area contributed by atoms with Gasteiger partial charge in [0.25, 0.3) is 0 Å². The van der Waals surface area contributed by atoms with E-state index >= 15 is 0 Å². The average Bonchev–Trinajstić information content (AvgIpc) is 2.92. The summed E-state index contributed by atoms with van der Waals surface area (Å²) in [6.45, 7) is 12.8. The summed E-state index contributed by atoms with van der Waals surface area (Å²) in [6, 6.07) is 0. The van der Waals surface area contributed by atoms with E-state index < -0.39 is 5.60 Å². The quantitative estimate of drug-likeness (QED) is 0.620. The molecule has 0 bridgehead atoms. The van der Waals surface area contributed by atoms with Gasteiger partial charge in [-0.2, -0.15) is 0 Å². The van der Waals surface area contributed by atoms with Gasteiger partial charge in [-0.3, -0.25) is 0 Å². The van der Waals surface area contributed by atoms with E-state index in [4.69, 9.17) is 4.74 Å². The topological polar surface area (TPSA) is 50.4 Å². The lowest BCUT2D eigenvalue weighted by atomic mass is 9.95. The second-order valence-electron chi connectivity index (χ2n) is 8.38. The highest BCUT2D eigenvalue weighted by Gasteiger charge is 2.19. The molecular formula is C19H38N2O2. The molecule has 1 aliphatic carbocycles. The van der Waals surface area contributed by atoms with Crippen molar-refractivity contribution in [3.63, 3.8) is 0 Å². The molecular weight excluding hydrogens is 288 g/mol. The Labute approximate surface area is 143 Å². The molecule has 1 saturated carbocycles. The van der Waals surface area contributed by atoms with E-state index in [2.05, 4.69) is 24.5 Å². The lowest BCUT2D eigenvalue weighted by Crippen LogP contribution is -2.39. The van der Waals surface area contributed by atoms with Crippen molar-refractivity contribution >= 4 is 6.09 Å². The van der Waals surface area contributed by atoms with Crippen LogP contribution in [0.15, 0.2) is 0 Å². The molecule has 1 amide bonds. The molecule has 0 saturated heterocycles.